The van der Waals surface area contributed by atoms with Gasteiger partial charge in [0.2, 0.25) is 0 Å². The van der Waals surface area contributed by atoms with Gasteiger partial charge >= 0.3 is 5.97 Å². The molecule has 0 aromatic rings. The summed E-state index contributed by atoms with van der Waals surface area (Å²) in [5.41, 5.74) is 0. The SMILES string of the molecule is CCCN(C1CCSC1C)C1COCC1C(=O)O. The normalized spacial score (nSPS) is 36.4. The van der Waals surface area contributed by atoms with Crippen molar-refractivity contribution in [1.82, 2.24) is 4.90 Å². The van der Waals surface area contributed by atoms with Gasteiger partial charge in [-0.2, -0.15) is 11.8 Å². The maximum atomic E-state index is 11.3. The Morgan fingerprint density at radius 1 is 1.44 bits per heavy atom. The molecule has 104 valence electrons. The van der Waals surface area contributed by atoms with Crippen molar-refractivity contribution in [2.75, 3.05) is 25.5 Å². The van der Waals surface area contributed by atoms with Gasteiger partial charge in [-0.15, -0.1) is 0 Å². The number of carboxylic acid groups (broad SMARTS) is 1. The monoisotopic (exact) mass is 273 g/mol. The predicted octanol–water partition coefficient (Wildman–Crippen LogP) is 1.69. The van der Waals surface area contributed by atoms with Gasteiger partial charge in [-0.25, -0.2) is 0 Å². The highest BCUT2D eigenvalue weighted by molar-refractivity contribution is 8.00. The van der Waals surface area contributed by atoms with Crippen LogP contribution in [-0.2, 0) is 9.53 Å². The van der Waals surface area contributed by atoms with Crippen LogP contribution in [0.1, 0.15) is 26.7 Å². The minimum absolute atomic E-state index is 0.0635. The molecule has 0 aromatic carbocycles. The third kappa shape index (κ3) is 2.83. The van der Waals surface area contributed by atoms with E-state index in [0.29, 0.717) is 24.5 Å². The molecule has 0 aromatic heterocycles. The van der Waals surface area contributed by atoms with Crippen molar-refractivity contribution in [1.29, 1.82) is 0 Å². The average molecular weight is 273 g/mol. The Morgan fingerprint density at radius 2 is 2.22 bits per heavy atom. The van der Waals surface area contributed by atoms with E-state index < -0.39 is 5.97 Å². The minimum atomic E-state index is -0.711. The average Bonchev–Trinajstić information content (AvgIpc) is 2.94. The minimum Gasteiger partial charge on any atom is -0.481 e. The number of nitrogens with zero attached hydrogens (tertiary/aromatic N) is 1. The number of carboxylic acids is 1. The van der Waals surface area contributed by atoms with Crippen LogP contribution in [-0.4, -0.2) is 58.8 Å². The van der Waals surface area contributed by atoms with Crippen molar-refractivity contribution in [3.8, 4) is 0 Å². The highest BCUT2D eigenvalue weighted by Crippen LogP contribution is 2.34. The van der Waals surface area contributed by atoms with Gasteiger partial charge in [0.1, 0.15) is 0 Å². The van der Waals surface area contributed by atoms with E-state index in [9.17, 15) is 9.90 Å². The quantitative estimate of drug-likeness (QED) is 0.826. The molecule has 0 spiro atoms. The molecule has 18 heavy (non-hydrogen) atoms. The molecule has 4 atom stereocenters. The van der Waals surface area contributed by atoms with Crippen LogP contribution in [0.3, 0.4) is 0 Å². The van der Waals surface area contributed by atoms with Crippen molar-refractivity contribution in [3.63, 3.8) is 0 Å². The molecule has 2 aliphatic rings. The predicted molar refractivity (Wildman–Crippen MR) is 73.1 cm³/mol. The molecule has 5 heteroatoms. The highest BCUT2D eigenvalue weighted by atomic mass is 32.2. The zero-order valence-corrected chi connectivity index (χ0v) is 12.0. The first-order valence-electron chi connectivity index (χ1n) is 6.83. The van der Waals surface area contributed by atoms with Gasteiger partial charge in [-0.1, -0.05) is 13.8 Å². The lowest BCUT2D eigenvalue weighted by Crippen LogP contribution is -2.50. The lowest BCUT2D eigenvalue weighted by molar-refractivity contribution is -0.143. The molecular formula is C13H23NO3S. The van der Waals surface area contributed by atoms with Gasteiger partial charge in [0.15, 0.2) is 0 Å². The molecular weight excluding hydrogens is 250 g/mol. The molecule has 0 saturated carbocycles. The largest absolute Gasteiger partial charge is 0.481 e. The van der Waals surface area contributed by atoms with Crippen molar-refractivity contribution < 1.29 is 14.6 Å². The van der Waals surface area contributed by atoms with E-state index >= 15 is 0 Å². The summed E-state index contributed by atoms with van der Waals surface area (Å²) in [6.45, 7) is 6.34. The van der Waals surface area contributed by atoms with Crippen molar-refractivity contribution in [3.05, 3.63) is 0 Å². The van der Waals surface area contributed by atoms with Gasteiger partial charge < -0.3 is 9.84 Å². The first-order chi connectivity index (χ1) is 8.65. The lowest BCUT2D eigenvalue weighted by Gasteiger charge is -2.37. The second kappa shape index (κ2) is 6.26. The summed E-state index contributed by atoms with van der Waals surface area (Å²) in [6, 6.07) is 0.581. The molecule has 2 aliphatic heterocycles. The Bertz CT molecular complexity index is 300. The van der Waals surface area contributed by atoms with Gasteiger partial charge in [0.05, 0.1) is 19.1 Å². The highest BCUT2D eigenvalue weighted by Gasteiger charge is 2.42. The molecule has 0 radical (unpaired) electrons. The van der Waals surface area contributed by atoms with Gasteiger partial charge in [-0.05, 0) is 25.1 Å². The fourth-order valence-corrected chi connectivity index (χ4v) is 4.36. The summed E-state index contributed by atoms with van der Waals surface area (Å²) in [5, 5.41) is 9.90. The fourth-order valence-electron chi connectivity index (χ4n) is 3.10. The molecule has 2 saturated heterocycles. The summed E-state index contributed by atoms with van der Waals surface area (Å²) < 4.78 is 5.42. The van der Waals surface area contributed by atoms with E-state index in [4.69, 9.17) is 4.74 Å². The molecule has 2 fully saturated rings. The van der Waals surface area contributed by atoms with E-state index in [1.165, 1.54) is 12.2 Å². The summed E-state index contributed by atoms with van der Waals surface area (Å²) in [4.78, 5) is 13.7. The standard InChI is InChI=1S/C13H23NO3S/c1-3-5-14(11-4-6-18-9(11)2)12-8-17-7-10(12)13(15)16/h9-12H,3-8H2,1-2H3,(H,15,16). The van der Waals surface area contributed by atoms with E-state index in [0.717, 1.165) is 13.0 Å². The number of hydrogen-bond acceptors (Lipinski definition) is 4. The first kappa shape index (κ1) is 14.2. The van der Waals surface area contributed by atoms with Gasteiger partial charge in [0, 0.05) is 17.3 Å². The Kier molecular flexibility index (Phi) is 4.92. The molecule has 0 amide bonds. The van der Waals surface area contributed by atoms with Crippen molar-refractivity contribution in [2.45, 2.75) is 44.0 Å². The third-order valence-electron chi connectivity index (χ3n) is 4.04. The maximum Gasteiger partial charge on any atom is 0.310 e. The fraction of sp³-hybridized carbons (Fsp3) is 0.923. The van der Waals surface area contributed by atoms with Crippen LogP contribution in [0.25, 0.3) is 0 Å². The van der Waals surface area contributed by atoms with E-state index in [-0.39, 0.29) is 12.0 Å². The van der Waals surface area contributed by atoms with Gasteiger partial charge in [-0.3, -0.25) is 9.69 Å². The Hall–Kier alpha value is -0.260. The number of carbonyl (C=O) groups is 1. The van der Waals surface area contributed by atoms with E-state index in [1.807, 2.05) is 11.8 Å². The first-order valence-corrected chi connectivity index (χ1v) is 7.88. The number of aliphatic carboxylic acids is 1. The topological polar surface area (TPSA) is 49.8 Å². The number of rotatable bonds is 5. The Balaban J connectivity index is 2.11. The van der Waals surface area contributed by atoms with E-state index in [2.05, 4.69) is 18.7 Å². The second-order valence-electron chi connectivity index (χ2n) is 5.22. The molecule has 2 rings (SSSR count). The molecule has 1 N–H and O–H groups in total. The summed E-state index contributed by atoms with van der Waals surface area (Å²) in [5.74, 6) is 0.128. The van der Waals surface area contributed by atoms with Crippen molar-refractivity contribution in [2.24, 2.45) is 5.92 Å². The molecule has 0 aliphatic carbocycles. The van der Waals surface area contributed by atoms with Crippen LogP contribution in [0.5, 0.6) is 0 Å². The summed E-state index contributed by atoms with van der Waals surface area (Å²) in [7, 11) is 0. The summed E-state index contributed by atoms with van der Waals surface area (Å²) >= 11 is 2.00. The van der Waals surface area contributed by atoms with Crippen LogP contribution in [0.2, 0.25) is 0 Å². The number of hydrogen-bond donors (Lipinski definition) is 1. The van der Waals surface area contributed by atoms with Gasteiger partial charge in [0.25, 0.3) is 0 Å². The van der Waals surface area contributed by atoms with Crippen molar-refractivity contribution >= 4 is 17.7 Å². The number of ether oxygens (including phenoxy) is 1. The molecule has 0 bridgehead atoms. The van der Waals surface area contributed by atoms with Crippen LogP contribution in [0, 0.1) is 5.92 Å². The van der Waals surface area contributed by atoms with Crippen LogP contribution >= 0.6 is 11.8 Å². The smallest absolute Gasteiger partial charge is 0.310 e. The maximum absolute atomic E-state index is 11.3. The lowest BCUT2D eigenvalue weighted by atomic mass is 9.98. The van der Waals surface area contributed by atoms with Crippen LogP contribution in [0.4, 0.5) is 0 Å². The third-order valence-corrected chi connectivity index (χ3v) is 5.35. The molecule has 4 unspecified atom stereocenters. The Labute approximate surface area is 113 Å². The zero-order chi connectivity index (χ0) is 13.1. The van der Waals surface area contributed by atoms with E-state index in [1.54, 1.807) is 0 Å². The van der Waals surface area contributed by atoms with Crippen LogP contribution < -0.4 is 0 Å². The molecule has 2 heterocycles. The molecule has 4 nitrogen and oxygen atoms in total. The Morgan fingerprint density at radius 3 is 2.78 bits per heavy atom. The summed E-state index contributed by atoms with van der Waals surface area (Å²) in [6.07, 6.45) is 2.24. The second-order valence-corrected chi connectivity index (χ2v) is 6.70. The zero-order valence-electron chi connectivity index (χ0n) is 11.2. The van der Waals surface area contributed by atoms with Crippen LogP contribution in [0.15, 0.2) is 0 Å². The number of thioether (sulfide) groups is 1.